The van der Waals surface area contributed by atoms with Crippen molar-refractivity contribution in [1.29, 1.82) is 0 Å². The Kier molecular flexibility index (Phi) is 6.88. The van der Waals surface area contributed by atoms with Crippen molar-refractivity contribution in [2.75, 3.05) is 32.2 Å². The van der Waals surface area contributed by atoms with Crippen molar-refractivity contribution in [2.24, 2.45) is 11.8 Å². The highest BCUT2D eigenvalue weighted by Gasteiger charge is 2.62. The van der Waals surface area contributed by atoms with E-state index in [9.17, 15) is 4.79 Å². The second-order valence-electron chi connectivity index (χ2n) is 12.1. The van der Waals surface area contributed by atoms with Gasteiger partial charge in [0, 0.05) is 35.9 Å². The summed E-state index contributed by atoms with van der Waals surface area (Å²) in [6.07, 6.45) is 3.36. The van der Waals surface area contributed by atoms with Crippen molar-refractivity contribution in [3.05, 3.63) is 89.1 Å². The van der Waals surface area contributed by atoms with Crippen LogP contribution in [-0.2, 0) is 24.4 Å². The van der Waals surface area contributed by atoms with Crippen LogP contribution in [0.5, 0.6) is 0 Å². The van der Waals surface area contributed by atoms with Crippen molar-refractivity contribution >= 4 is 22.4 Å². The Bertz CT molecular complexity index is 1490. The van der Waals surface area contributed by atoms with Gasteiger partial charge in [-0.25, -0.2) is 4.79 Å². The molecule has 0 amide bonds. The molecular formula is C35H40N2O4. The summed E-state index contributed by atoms with van der Waals surface area (Å²) in [6.45, 7) is 6.85. The fourth-order valence-corrected chi connectivity index (χ4v) is 8.55. The first-order valence-corrected chi connectivity index (χ1v) is 15.2. The number of para-hydroxylation sites is 1. The zero-order valence-corrected chi connectivity index (χ0v) is 24.3. The van der Waals surface area contributed by atoms with E-state index in [0.717, 1.165) is 42.8 Å². The third-order valence-electron chi connectivity index (χ3n) is 10.3. The van der Waals surface area contributed by atoms with E-state index >= 15 is 0 Å². The van der Waals surface area contributed by atoms with Crippen LogP contribution in [0.3, 0.4) is 0 Å². The largest absolute Gasteiger partial charge is 0.466 e. The van der Waals surface area contributed by atoms with Crippen molar-refractivity contribution in [1.82, 2.24) is 4.90 Å². The summed E-state index contributed by atoms with van der Waals surface area (Å²) in [6, 6.07) is 24.5. The number of hydrogen-bond donors (Lipinski definition) is 1. The van der Waals surface area contributed by atoms with Crippen LogP contribution in [-0.4, -0.2) is 50.1 Å². The van der Waals surface area contributed by atoms with Gasteiger partial charge in [0.2, 0.25) is 0 Å². The predicted octanol–water partition coefficient (Wildman–Crippen LogP) is 6.57. The number of fused-ring (bicyclic) bond motifs is 2. The van der Waals surface area contributed by atoms with Gasteiger partial charge < -0.3 is 19.5 Å². The Morgan fingerprint density at radius 2 is 1.83 bits per heavy atom. The van der Waals surface area contributed by atoms with Crippen molar-refractivity contribution < 1.29 is 19.0 Å². The van der Waals surface area contributed by atoms with Gasteiger partial charge in [-0.15, -0.1) is 0 Å². The van der Waals surface area contributed by atoms with Gasteiger partial charge in [0.25, 0.3) is 0 Å². The number of anilines is 1. The van der Waals surface area contributed by atoms with Crippen LogP contribution in [0, 0.1) is 11.8 Å². The van der Waals surface area contributed by atoms with Gasteiger partial charge in [-0.3, -0.25) is 4.90 Å². The number of nitrogens with zero attached hydrogens (tertiary/aromatic N) is 1. The average molecular weight is 553 g/mol. The van der Waals surface area contributed by atoms with Crippen LogP contribution in [0.1, 0.15) is 56.7 Å². The average Bonchev–Trinajstić information content (AvgIpc) is 3.76. The molecule has 3 aliphatic heterocycles. The third-order valence-corrected chi connectivity index (χ3v) is 10.3. The Hall–Kier alpha value is -3.19. The summed E-state index contributed by atoms with van der Waals surface area (Å²) in [5, 5.41) is 6.32. The van der Waals surface area contributed by atoms with E-state index in [1.165, 1.54) is 29.0 Å². The standard InChI is InChI=1S/C35H40N2O4/c1-4-23(34-40-18-19-41-34)20-25-21-28(33(38)39-3)31-35(29-14-7-8-15-30(29)36-31)16-17-37(32(25)35)22(2)26-13-9-11-24-10-5-6-12-27(24)26/h5-15,22-23,25,32,34,36H,4,16-21H2,1-3H3/t22-,23?,25+,32-,35-/m1/s1. The van der Waals surface area contributed by atoms with E-state index in [4.69, 9.17) is 14.2 Å². The number of methoxy groups -OCH3 is 1. The summed E-state index contributed by atoms with van der Waals surface area (Å²) < 4.78 is 17.5. The number of carbonyl (C=O) groups excluding carboxylic acids is 1. The number of likely N-dealkylation sites (tertiary alicyclic amines) is 1. The molecule has 5 atom stereocenters. The topological polar surface area (TPSA) is 60.0 Å². The van der Waals surface area contributed by atoms with E-state index in [2.05, 4.69) is 90.8 Å². The second kappa shape index (κ2) is 10.6. The predicted molar refractivity (Wildman–Crippen MR) is 160 cm³/mol. The molecule has 41 heavy (non-hydrogen) atoms. The first-order valence-electron chi connectivity index (χ1n) is 15.2. The van der Waals surface area contributed by atoms with E-state index in [1.807, 2.05) is 0 Å². The Morgan fingerprint density at radius 1 is 1.07 bits per heavy atom. The zero-order valence-electron chi connectivity index (χ0n) is 24.3. The Morgan fingerprint density at radius 3 is 2.63 bits per heavy atom. The molecule has 3 aromatic rings. The summed E-state index contributed by atoms with van der Waals surface area (Å²) in [4.78, 5) is 16.1. The van der Waals surface area contributed by atoms with Crippen LogP contribution in [0.15, 0.2) is 78.0 Å². The lowest BCUT2D eigenvalue weighted by molar-refractivity contribution is -0.137. The third kappa shape index (κ3) is 4.14. The van der Waals surface area contributed by atoms with Crippen LogP contribution in [0.4, 0.5) is 5.69 Å². The van der Waals surface area contributed by atoms with Crippen molar-refractivity contribution in [3.8, 4) is 0 Å². The monoisotopic (exact) mass is 552 g/mol. The molecule has 2 fully saturated rings. The highest BCUT2D eigenvalue weighted by Crippen LogP contribution is 2.61. The molecule has 1 unspecified atom stereocenters. The Labute approximate surface area is 242 Å². The lowest BCUT2D eigenvalue weighted by atomic mass is 9.61. The van der Waals surface area contributed by atoms with Crippen molar-refractivity contribution in [2.45, 2.75) is 63.3 Å². The number of benzene rings is 3. The van der Waals surface area contributed by atoms with Gasteiger partial charge in [-0.05, 0) is 66.5 Å². The van der Waals surface area contributed by atoms with Crippen LogP contribution in [0.25, 0.3) is 10.8 Å². The number of nitrogens with one attached hydrogen (secondary N) is 1. The minimum atomic E-state index is -0.294. The molecule has 1 aliphatic carbocycles. The van der Waals surface area contributed by atoms with E-state index in [0.29, 0.717) is 19.6 Å². The number of hydrogen-bond acceptors (Lipinski definition) is 6. The Balaban J connectivity index is 1.38. The van der Waals surface area contributed by atoms with Crippen LogP contribution >= 0.6 is 0 Å². The molecule has 2 saturated heterocycles. The molecule has 0 saturated carbocycles. The smallest absolute Gasteiger partial charge is 0.335 e. The molecule has 7 rings (SSSR count). The summed E-state index contributed by atoms with van der Waals surface area (Å²) in [5.74, 6) is 0.281. The molecule has 214 valence electrons. The molecule has 4 aliphatic rings. The maximum absolute atomic E-state index is 13.4. The first-order chi connectivity index (χ1) is 20.1. The van der Waals surface area contributed by atoms with Crippen molar-refractivity contribution in [3.63, 3.8) is 0 Å². The normalized spacial score (nSPS) is 27.3. The molecule has 6 nitrogen and oxygen atoms in total. The zero-order chi connectivity index (χ0) is 28.1. The first kappa shape index (κ1) is 26.7. The highest BCUT2D eigenvalue weighted by molar-refractivity contribution is 5.93. The van der Waals surface area contributed by atoms with Gasteiger partial charge in [-0.1, -0.05) is 67.6 Å². The molecule has 1 N–H and O–H groups in total. The summed E-state index contributed by atoms with van der Waals surface area (Å²) >= 11 is 0. The fraction of sp³-hybridized carbons (Fsp3) is 0.457. The molecular weight excluding hydrogens is 512 g/mol. The molecule has 3 heterocycles. The van der Waals surface area contributed by atoms with Gasteiger partial charge in [0.15, 0.2) is 6.29 Å². The van der Waals surface area contributed by atoms with Gasteiger partial charge in [-0.2, -0.15) is 0 Å². The van der Waals surface area contributed by atoms with E-state index in [1.54, 1.807) is 0 Å². The molecule has 0 bridgehead atoms. The molecule has 0 aromatic heterocycles. The van der Waals surface area contributed by atoms with Gasteiger partial charge >= 0.3 is 5.97 Å². The lowest BCUT2D eigenvalue weighted by Crippen LogP contribution is -2.52. The highest BCUT2D eigenvalue weighted by atomic mass is 16.7. The minimum Gasteiger partial charge on any atom is -0.466 e. The minimum absolute atomic E-state index is 0.178. The SMILES string of the molecule is CCC(C[C@H]1CC(C(=O)OC)=C2Nc3ccccc3[C@]23CCN([C@H](C)c2cccc4ccccc24)[C@H]13)C1OCCO1. The van der Waals surface area contributed by atoms with Crippen LogP contribution in [0.2, 0.25) is 0 Å². The number of rotatable bonds is 7. The number of ether oxygens (including phenoxy) is 3. The molecule has 3 aromatic carbocycles. The van der Waals surface area contributed by atoms with E-state index < -0.39 is 0 Å². The summed E-state index contributed by atoms with van der Waals surface area (Å²) in [7, 11) is 1.50. The fourth-order valence-electron chi connectivity index (χ4n) is 8.55. The van der Waals surface area contributed by atoms with Crippen LogP contribution < -0.4 is 5.32 Å². The second-order valence-corrected chi connectivity index (χ2v) is 12.1. The molecule has 1 spiro atoms. The quantitative estimate of drug-likeness (QED) is 0.335. The van der Waals surface area contributed by atoms with E-state index in [-0.39, 0.29) is 41.6 Å². The number of esters is 1. The van der Waals surface area contributed by atoms with Gasteiger partial charge in [0.05, 0.1) is 31.3 Å². The maximum atomic E-state index is 13.4. The lowest BCUT2D eigenvalue weighted by Gasteiger charge is -2.48. The molecule has 0 radical (unpaired) electrons. The summed E-state index contributed by atoms with van der Waals surface area (Å²) in [5.41, 5.74) is 5.34. The maximum Gasteiger partial charge on any atom is 0.335 e. The molecule has 6 heteroatoms. The number of carbonyl (C=O) groups is 1. The van der Waals surface area contributed by atoms with Gasteiger partial charge in [0.1, 0.15) is 0 Å².